The van der Waals surface area contributed by atoms with Gasteiger partial charge in [0.2, 0.25) is 10.0 Å². The number of hydrogen-bond donors (Lipinski definition) is 2. The minimum Gasteiger partial charge on any atom is -0.399 e. The van der Waals surface area contributed by atoms with Gasteiger partial charge >= 0.3 is 0 Å². The summed E-state index contributed by atoms with van der Waals surface area (Å²) in [5.41, 5.74) is 8.26. The monoisotopic (exact) mass is 305 g/mol. The summed E-state index contributed by atoms with van der Waals surface area (Å²) in [6, 6.07) is 14.1. The highest BCUT2D eigenvalue weighted by Gasteiger charge is 2.14. The van der Waals surface area contributed by atoms with Gasteiger partial charge < -0.3 is 10.6 Å². The highest BCUT2D eigenvalue weighted by Crippen LogP contribution is 2.25. The fraction of sp³-hybridized carbons (Fsp3) is 0.200. The van der Waals surface area contributed by atoms with Gasteiger partial charge in [-0.05, 0) is 29.8 Å². The van der Waals surface area contributed by atoms with Crippen LogP contribution in [-0.2, 0) is 15.8 Å². The minimum absolute atomic E-state index is 0.111. The summed E-state index contributed by atoms with van der Waals surface area (Å²) < 4.78 is 27.2. The van der Waals surface area contributed by atoms with Crippen molar-refractivity contribution >= 4 is 27.1 Å². The Hall–Kier alpha value is -2.21. The summed E-state index contributed by atoms with van der Waals surface area (Å²) in [6.07, 6.45) is 0. The van der Waals surface area contributed by atoms with Crippen molar-refractivity contribution in [2.45, 2.75) is 5.75 Å². The third-order valence-corrected chi connectivity index (χ3v) is 4.20. The molecule has 2 aromatic carbocycles. The van der Waals surface area contributed by atoms with E-state index in [1.54, 1.807) is 36.4 Å². The lowest BCUT2D eigenvalue weighted by molar-refractivity contribution is 0.600. The van der Waals surface area contributed by atoms with Crippen LogP contribution in [0.25, 0.3) is 0 Å². The van der Waals surface area contributed by atoms with Crippen LogP contribution in [-0.4, -0.2) is 22.5 Å². The van der Waals surface area contributed by atoms with E-state index in [1.165, 1.54) is 0 Å². The number of benzene rings is 2. The van der Waals surface area contributed by atoms with E-state index in [0.717, 1.165) is 5.69 Å². The number of hydrogen-bond acceptors (Lipinski definition) is 4. The molecule has 5 nitrogen and oxygen atoms in total. The van der Waals surface area contributed by atoms with Crippen LogP contribution in [0, 0.1) is 0 Å². The number of sulfonamides is 1. The summed E-state index contributed by atoms with van der Waals surface area (Å²) in [4.78, 5) is 1.86. The van der Waals surface area contributed by atoms with E-state index < -0.39 is 10.0 Å². The van der Waals surface area contributed by atoms with E-state index in [4.69, 9.17) is 5.73 Å². The highest BCUT2D eigenvalue weighted by atomic mass is 32.2. The summed E-state index contributed by atoms with van der Waals surface area (Å²) in [5.74, 6) is -0.111. The Kier molecular flexibility index (Phi) is 4.37. The smallest absolute Gasteiger partial charge is 0.236 e. The van der Waals surface area contributed by atoms with Gasteiger partial charge in [-0.2, -0.15) is 0 Å². The third-order valence-electron chi connectivity index (χ3n) is 2.96. The van der Waals surface area contributed by atoms with E-state index in [1.807, 2.05) is 31.1 Å². The first kappa shape index (κ1) is 15.2. The molecule has 0 radical (unpaired) electrons. The predicted molar refractivity (Wildman–Crippen MR) is 87.9 cm³/mol. The molecular weight excluding hydrogens is 286 g/mol. The Bertz CT molecular complexity index is 727. The van der Waals surface area contributed by atoms with E-state index in [-0.39, 0.29) is 5.75 Å². The zero-order valence-corrected chi connectivity index (χ0v) is 12.9. The van der Waals surface area contributed by atoms with Crippen molar-refractivity contribution < 1.29 is 8.42 Å². The molecule has 0 atom stereocenters. The first-order valence-electron chi connectivity index (χ1n) is 6.49. The maximum atomic E-state index is 12.3. The molecule has 3 N–H and O–H groups in total. The molecule has 0 fully saturated rings. The largest absolute Gasteiger partial charge is 0.399 e. The summed E-state index contributed by atoms with van der Waals surface area (Å²) in [5, 5.41) is 0. The van der Waals surface area contributed by atoms with Crippen molar-refractivity contribution in [3.8, 4) is 0 Å². The van der Waals surface area contributed by atoms with Crippen LogP contribution < -0.4 is 15.4 Å². The van der Waals surface area contributed by atoms with E-state index >= 15 is 0 Å². The second-order valence-corrected chi connectivity index (χ2v) is 6.74. The first-order valence-corrected chi connectivity index (χ1v) is 8.14. The van der Waals surface area contributed by atoms with E-state index in [0.29, 0.717) is 16.9 Å². The standard InChI is InChI=1S/C15H19N3O2S/c1-18(2)15-9-4-3-8-14(15)17-21(19,20)11-12-6-5-7-13(16)10-12/h3-10,17H,11,16H2,1-2H3. The van der Waals surface area contributed by atoms with Crippen LogP contribution in [0.4, 0.5) is 17.1 Å². The fourth-order valence-corrected chi connectivity index (χ4v) is 3.25. The number of nitrogen functional groups attached to an aromatic ring is 1. The van der Waals surface area contributed by atoms with Crippen LogP contribution in [0.2, 0.25) is 0 Å². The van der Waals surface area contributed by atoms with Gasteiger partial charge in [0.1, 0.15) is 0 Å². The summed E-state index contributed by atoms with van der Waals surface area (Å²) in [6.45, 7) is 0. The highest BCUT2D eigenvalue weighted by molar-refractivity contribution is 7.91. The number of nitrogens with one attached hydrogen (secondary N) is 1. The van der Waals surface area contributed by atoms with Crippen molar-refractivity contribution in [1.82, 2.24) is 0 Å². The zero-order chi connectivity index (χ0) is 15.5. The molecule has 21 heavy (non-hydrogen) atoms. The fourth-order valence-electron chi connectivity index (χ4n) is 2.06. The first-order chi connectivity index (χ1) is 9.87. The molecule has 0 bridgehead atoms. The molecule has 0 spiro atoms. The predicted octanol–water partition coefficient (Wildman–Crippen LogP) is 2.28. The third kappa shape index (κ3) is 4.13. The Morgan fingerprint density at radius 3 is 2.48 bits per heavy atom. The van der Waals surface area contributed by atoms with Gasteiger partial charge in [-0.3, -0.25) is 4.72 Å². The topological polar surface area (TPSA) is 75.4 Å². The lowest BCUT2D eigenvalue weighted by Gasteiger charge is -2.18. The van der Waals surface area contributed by atoms with Gasteiger partial charge in [0, 0.05) is 19.8 Å². The molecular formula is C15H19N3O2S. The molecule has 112 valence electrons. The zero-order valence-electron chi connectivity index (χ0n) is 12.1. The summed E-state index contributed by atoms with van der Waals surface area (Å²) >= 11 is 0. The second kappa shape index (κ2) is 6.05. The van der Waals surface area contributed by atoms with Gasteiger partial charge in [0.25, 0.3) is 0 Å². The summed E-state index contributed by atoms with van der Waals surface area (Å²) in [7, 11) is 0.240. The Morgan fingerprint density at radius 1 is 1.10 bits per heavy atom. The van der Waals surface area contributed by atoms with E-state index in [9.17, 15) is 8.42 Å². The molecule has 0 aliphatic heterocycles. The molecule has 0 aliphatic rings. The van der Waals surface area contributed by atoms with Crippen molar-refractivity contribution in [3.63, 3.8) is 0 Å². The number of para-hydroxylation sites is 2. The quantitative estimate of drug-likeness (QED) is 0.831. The van der Waals surface area contributed by atoms with Crippen LogP contribution in [0.3, 0.4) is 0 Å². The minimum atomic E-state index is -3.49. The van der Waals surface area contributed by atoms with Gasteiger partial charge in [0.05, 0.1) is 17.1 Å². The van der Waals surface area contributed by atoms with Crippen LogP contribution in [0.5, 0.6) is 0 Å². The molecule has 2 aromatic rings. The maximum absolute atomic E-state index is 12.3. The van der Waals surface area contributed by atoms with Crippen molar-refractivity contribution in [3.05, 3.63) is 54.1 Å². The van der Waals surface area contributed by atoms with Gasteiger partial charge in [-0.15, -0.1) is 0 Å². The van der Waals surface area contributed by atoms with E-state index in [2.05, 4.69) is 4.72 Å². The molecule has 0 heterocycles. The van der Waals surface area contributed by atoms with Gasteiger partial charge in [0.15, 0.2) is 0 Å². The average Bonchev–Trinajstić information content (AvgIpc) is 2.37. The molecule has 6 heteroatoms. The van der Waals surface area contributed by atoms with Crippen LogP contribution >= 0.6 is 0 Å². The number of anilines is 3. The molecule has 2 rings (SSSR count). The maximum Gasteiger partial charge on any atom is 0.236 e. The van der Waals surface area contributed by atoms with Gasteiger partial charge in [-0.25, -0.2) is 8.42 Å². The van der Waals surface area contributed by atoms with Crippen molar-refractivity contribution in [2.24, 2.45) is 0 Å². The van der Waals surface area contributed by atoms with Crippen molar-refractivity contribution in [1.29, 1.82) is 0 Å². The Morgan fingerprint density at radius 2 is 1.81 bits per heavy atom. The number of nitrogens with zero attached hydrogens (tertiary/aromatic N) is 1. The second-order valence-electron chi connectivity index (χ2n) is 5.02. The molecule has 0 unspecified atom stereocenters. The SMILES string of the molecule is CN(C)c1ccccc1NS(=O)(=O)Cc1cccc(N)c1. The van der Waals surface area contributed by atoms with Crippen molar-refractivity contribution in [2.75, 3.05) is 29.5 Å². The Labute approximate surface area is 125 Å². The Balaban J connectivity index is 2.22. The lowest BCUT2D eigenvalue weighted by atomic mass is 10.2. The van der Waals surface area contributed by atoms with Gasteiger partial charge in [-0.1, -0.05) is 24.3 Å². The molecule has 0 aliphatic carbocycles. The molecule has 0 amide bonds. The normalized spacial score (nSPS) is 11.1. The van der Waals surface area contributed by atoms with Crippen LogP contribution in [0.15, 0.2) is 48.5 Å². The number of rotatable bonds is 5. The molecule has 0 aromatic heterocycles. The average molecular weight is 305 g/mol. The molecule has 0 saturated heterocycles. The molecule has 0 saturated carbocycles. The number of nitrogens with two attached hydrogens (primary N) is 1. The van der Waals surface area contributed by atoms with Crippen LogP contribution in [0.1, 0.15) is 5.56 Å². The lowest BCUT2D eigenvalue weighted by Crippen LogP contribution is -2.18.